The van der Waals surface area contributed by atoms with Crippen LogP contribution in [0.2, 0.25) is 5.02 Å². The standard InChI is InChI=1S/C11H13ClN2O2S/c12-9-8(11(15)16)3-4-13-10(9)14-7-2-1-5-17-6-7/h3-4,7H,1-2,5-6H2,(H,13,14)(H,15,16). The number of aromatic nitrogens is 1. The molecule has 2 N–H and O–H groups in total. The molecule has 0 aromatic carbocycles. The number of hydrogen-bond acceptors (Lipinski definition) is 4. The molecule has 1 aliphatic heterocycles. The van der Waals surface area contributed by atoms with Crippen LogP contribution >= 0.6 is 23.4 Å². The van der Waals surface area contributed by atoms with E-state index in [-0.39, 0.29) is 10.6 Å². The molecule has 0 saturated carbocycles. The zero-order chi connectivity index (χ0) is 12.3. The van der Waals surface area contributed by atoms with Crippen LogP contribution in [0.4, 0.5) is 5.82 Å². The third-order valence-corrected chi connectivity index (χ3v) is 4.22. The first-order chi connectivity index (χ1) is 8.18. The van der Waals surface area contributed by atoms with Crippen molar-refractivity contribution in [3.63, 3.8) is 0 Å². The SMILES string of the molecule is O=C(O)c1ccnc(NC2CCCSC2)c1Cl. The number of rotatable bonds is 3. The number of nitrogens with zero attached hydrogens (tertiary/aromatic N) is 1. The fraction of sp³-hybridized carbons (Fsp3) is 0.455. The van der Waals surface area contributed by atoms with Gasteiger partial charge in [0.1, 0.15) is 5.82 Å². The maximum atomic E-state index is 10.9. The average molecular weight is 273 g/mol. The van der Waals surface area contributed by atoms with Crippen molar-refractivity contribution in [1.29, 1.82) is 0 Å². The number of halogens is 1. The highest BCUT2D eigenvalue weighted by molar-refractivity contribution is 7.99. The fourth-order valence-corrected chi connectivity index (χ4v) is 3.08. The van der Waals surface area contributed by atoms with Gasteiger partial charge in [-0.15, -0.1) is 0 Å². The molecule has 0 aliphatic carbocycles. The first kappa shape index (κ1) is 12.5. The van der Waals surface area contributed by atoms with Gasteiger partial charge >= 0.3 is 5.97 Å². The highest BCUT2D eigenvalue weighted by Crippen LogP contribution is 2.26. The summed E-state index contributed by atoms with van der Waals surface area (Å²) in [5.74, 6) is 1.64. The summed E-state index contributed by atoms with van der Waals surface area (Å²) in [7, 11) is 0. The Labute approximate surface area is 109 Å². The van der Waals surface area contributed by atoms with E-state index in [9.17, 15) is 4.79 Å². The second-order valence-electron chi connectivity index (χ2n) is 3.88. The summed E-state index contributed by atoms with van der Waals surface area (Å²) in [5, 5.41) is 12.4. The van der Waals surface area contributed by atoms with Crippen molar-refractivity contribution in [2.24, 2.45) is 0 Å². The average Bonchev–Trinajstić information content (AvgIpc) is 2.33. The molecule has 1 saturated heterocycles. The van der Waals surface area contributed by atoms with E-state index in [2.05, 4.69) is 10.3 Å². The Bertz CT molecular complexity index is 422. The van der Waals surface area contributed by atoms with E-state index in [0.29, 0.717) is 11.9 Å². The zero-order valence-corrected chi connectivity index (χ0v) is 10.7. The van der Waals surface area contributed by atoms with Gasteiger partial charge in [0.2, 0.25) is 0 Å². The molecule has 4 nitrogen and oxygen atoms in total. The van der Waals surface area contributed by atoms with E-state index in [1.807, 2.05) is 11.8 Å². The molecule has 1 aliphatic rings. The van der Waals surface area contributed by atoms with Crippen LogP contribution in [0.15, 0.2) is 12.3 Å². The summed E-state index contributed by atoms with van der Waals surface area (Å²) >= 11 is 7.90. The van der Waals surface area contributed by atoms with E-state index in [1.165, 1.54) is 24.4 Å². The molecule has 0 radical (unpaired) electrons. The molecular formula is C11H13ClN2O2S. The topological polar surface area (TPSA) is 62.2 Å². The van der Waals surface area contributed by atoms with Crippen molar-refractivity contribution in [3.8, 4) is 0 Å². The molecule has 1 atom stereocenters. The van der Waals surface area contributed by atoms with E-state index >= 15 is 0 Å². The summed E-state index contributed by atoms with van der Waals surface area (Å²) in [4.78, 5) is 15.0. The molecule has 0 amide bonds. The number of thioether (sulfide) groups is 1. The maximum absolute atomic E-state index is 10.9. The number of carboxylic acid groups (broad SMARTS) is 1. The van der Waals surface area contributed by atoms with Gasteiger partial charge in [0, 0.05) is 18.0 Å². The first-order valence-electron chi connectivity index (χ1n) is 5.40. The molecule has 1 aromatic heterocycles. The third kappa shape index (κ3) is 3.04. The van der Waals surface area contributed by atoms with Gasteiger partial charge in [-0.3, -0.25) is 0 Å². The normalized spacial score (nSPS) is 19.9. The molecule has 92 valence electrons. The van der Waals surface area contributed by atoms with E-state index in [1.54, 1.807) is 0 Å². The van der Waals surface area contributed by atoms with Gasteiger partial charge in [0.15, 0.2) is 0 Å². The summed E-state index contributed by atoms with van der Waals surface area (Å²) in [5.41, 5.74) is 0.0904. The smallest absolute Gasteiger partial charge is 0.337 e. The molecule has 0 spiro atoms. The Kier molecular flexibility index (Phi) is 4.12. The third-order valence-electron chi connectivity index (χ3n) is 2.62. The number of aromatic carboxylic acids is 1. The molecule has 17 heavy (non-hydrogen) atoms. The Morgan fingerprint density at radius 1 is 1.65 bits per heavy atom. The number of nitrogens with one attached hydrogen (secondary N) is 1. The molecule has 6 heteroatoms. The zero-order valence-electron chi connectivity index (χ0n) is 9.15. The van der Waals surface area contributed by atoms with E-state index in [4.69, 9.17) is 16.7 Å². The maximum Gasteiger partial charge on any atom is 0.337 e. The first-order valence-corrected chi connectivity index (χ1v) is 6.94. The molecule has 1 aromatic rings. The van der Waals surface area contributed by atoms with Crippen molar-refractivity contribution in [2.45, 2.75) is 18.9 Å². The molecular weight excluding hydrogens is 260 g/mol. The largest absolute Gasteiger partial charge is 0.478 e. The van der Waals surface area contributed by atoms with Crippen molar-refractivity contribution in [1.82, 2.24) is 4.98 Å². The monoisotopic (exact) mass is 272 g/mol. The Hall–Kier alpha value is -0.940. The highest BCUT2D eigenvalue weighted by atomic mass is 35.5. The summed E-state index contributed by atoms with van der Waals surface area (Å²) in [6, 6.07) is 1.73. The summed E-state index contributed by atoms with van der Waals surface area (Å²) in [6.45, 7) is 0. The quantitative estimate of drug-likeness (QED) is 0.886. The summed E-state index contributed by atoms with van der Waals surface area (Å²) in [6.07, 6.45) is 3.70. The van der Waals surface area contributed by atoms with Crippen LogP contribution in [-0.4, -0.2) is 33.6 Å². The van der Waals surface area contributed by atoms with Gasteiger partial charge in [0.05, 0.1) is 10.6 Å². The van der Waals surface area contributed by atoms with Crippen molar-refractivity contribution >= 4 is 35.1 Å². The molecule has 2 heterocycles. The van der Waals surface area contributed by atoms with Gasteiger partial charge in [0.25, 0.3) is 0 Å². The second kappa shape index (κ2) is 5.60. The lowest BCUT2D eigenvalue weighted by Gasteiger charge is -2.23. The molecule has 0 bridgehead atoms. The molecule has 1 unspecified atom stereocenters. The lowest BCUT2D eigenvalue weighted by Crippen LogP contribution is -2.26. The Balaban J connectivity index is 2.15. The van der Waals surface area contributed by atoms with E-state index < -0.39 is 5.97 Å². The predicted octanol–water partition coefficient (Wildman–Crippen LogP) is 2.74. The predicted molar refractivity (Wildman–Crippen MR) is 70.2 cm³/mol. The lowest BCUT2D eigenvalue weighted by molar-refractivity contribution is 0.0697. The minimum atomic E-state index is -1.03. The number of carboxylic acids is 1. The lowest BCUT2D eigenvalue weighted by atomic mass is 10.2. The van der Waals surface area contributed by atoms with Crippen LogP contribution in [0.25, 0.3) is 0 Å². The summed E-state index contributed by atoms with van der Waals surface area (Å²) < 4.78 is 0. The van der Waals surface area contributed by atoms with Gasteiger partial charge in [-0.05, 0) is 24.7 Å². The van der Waals surface area contributed by atoms with Crippen LogP contribution in [0.3, 0.4) is 0 Å². The van der Waals surface area contributed by atoms with Gasteiger partial charge in [-0.2, -0.15) is 11.8 Å². The van der Waals surface area contributed by atoms with Gasteiger partial charge < -0.3 is 10.4 Å². The molecule has 2 rings (SSSR count). The van der Waals surface area contributed by atoms with Crippen LogP contribution in [0.1, 0.15) is 23.2 Å². The van der Waals surface area contributed by atoms with Gasteiger partial charge in [-0.25, -0.2) is 9.78 Å². The minimum Gasteiger partial charge on any atom is -0.478 e. The van der Waals surface area contributed by atoms with Crippen molar-refractivity contribution < 1.29 is 9.90 Å². The van der Waals surface area contributed by atoms with Crippen LogP contribution in [0.5, 0.6) is 0 Å². The van der Waals surface area contributed by atoms with E-state index in [0.717, 1.165) is 12.2 Å². The molecule has 1 fully saturated rings. The number of hydrogen-bond donors (Lipinski definition) is 2. The van der Waals surface area contributed by atoms with Crippen molar-refractivity contribution in [3.05, 3.63) is 22.8 Å². The van der Waals surface area contributed by atoms with Gasteiger partial charge in [-0.1, -0.05) is 11.6 Å². The number of pyridine rings is 1. The fourth-order valence-electron chi connectivity index (χ4n) is 1.76. The number of anilines is 1. The van der Waals surface area contributed by atoms with Crippen LogP contribution < -0.4 is 5.32 Å². The highest BCUT2D eigenvalue weighted by Gasteiger charge is 2.18. The second-order valence-corrected chi connectivity index (χ2v) is 5.41. The van der Waals surface area contributed by atoms with Crippen LogP contribution in [0, 0.1) is 0 Å². The van der Waals surface area contributed by atoms with Crippen LogP contribution in [-0.2, 0) is 0 Å². The minimum absolute atomic E-state index is 0.0904. The Morgan fingerprint density at radius 2 is 2.47 bits per heavy atom. The van der Waals surface area contributed by atoms with Crippen molar-refractivity contribution in [2.75, 3.05) is 16.8 Å². The Morgan fingerprint density at radius 3 is 3.12 bits per heavy atom. The number of carbonyl (C=O) groups is 1.